The van der Waals surface area contributed by atoms with Gasteiger partial charge in [0.2, 0.25) is 5.91 Å². The van der Waals surface area contributed by atoms with Gasteiger partial charge in [0.15, 0.2) is 0 Å². The van der Waals surface area contributed by atoms with Gasteiger partial charge in [0.05, 0.1) is 11.4 Å². The number of carbonyl (C=O) groups excluding carboxylic acids is 2. The number of nitrogens with one attached hydrogen (secondary N) is 2. The van der Waals surface area contributed by atoms with E-state index in [1.165, 1.54) is 19.3 Å². The summed E-state index contributed by atoms with van der Waals surface area (Å²) in [6.45, 7) is 4.94. The molecular formula is C31H36N4O2. The molecule has 0 radical (unpaired) electrons. The maximum absolute atomic E-state index is 13.2. The second-order valence-corrected chi connectivity index (χ2v) is 11.7. The van der Waals surface area contributed by atoms with Gasteiger partial charge in [-0.15, -0.1) is 0 Å². The van der Waals surface area contributed by atoms with Crippen molar-refractivity contribution in [2.75, 3.05) is 0 Å². The molecule has 2 aromatic carbocycles. The minimum Gasteiger partial charge on any atom is -0.352 e. The number of hydrogen-bond acceptors (Lipinski definition) is 3. The summed E-state index contributed by atoms with van der Waals surface area (Å²) < 4.78 is 1.92. The predicted octanol–water partition coefficient (Wildman–Crippen LogP) is 5.25. The van der Waals surface area contributed by atoms with Gasteiger partial charge in [-0.05, 0) is 100.0 Å². The molecule has 4 aliphatic carbocycles. The second-order valence-electron chi connectivity index (χ2n) is 11.7. The number of aromatic nitrogens is 2. The monoisotopic (exact) mass is 496 g/mol. The van der Waals surface area contributed by atoms with E-state index in [1.807, 2.05) is 73.1 Å². The third-order valence-corrected chi connectivity index (χ3v) is 9.06. The van der Waals surface area contributed by atoms with E-state index in [2.05, 4.69) is 15.7 Å². The summed E-state index contributed by atoms with van der Waals surface area (Å²) in [5.41, 5.74) is 5.47. The van der Waals surface area contributed by atoms with Crippen LogP contribution in [-0.4, -0.2) is 21.6 Å². The molecule has 0 aliphatic heterocycles. The summed E-state index contributed by atoms with van der Waals surface area (Å²) in [7, 11) is 0. The summed E-state index contributed by atoms with van der Waals surface area (Å²) >= 11 is 0. The van der Waals surface area contributed by atoms with Gasteiger partial charge < -0.3 is 10.6 Å². The molecule has 3 aromatic rings. The lowest BCUT2D eigenvalue weighted by Crippen LogP contribution is -2.53. The summed E-state index contributed by atoms with van der Waals surface area (Å²) in [6.07, 6.45) is 7.24. The van der Waals surface area contributed by atoms with Crippen LogP contribution in [0.1, 0.15) is 71.4 Å². The van der Waals surface area contributed by atoms with E-state index >= 15 is 0 Å². The van der Waals surface area contributed by atoms with E-state index in [9.17, 15) is 9.59 Å². The maximum Gasteiger partial charge on any atom is 0.251 e. The first-order chi connectivity index (χ1) is 17.9. The van der Waals surface area contributed by atoms with Crippen LogP contribution in [0.4, 0.5) is 0 Å². The Balaban J connectivity index is 1.04. The SMILES string of the molecule is Cc1nn(-c2ccccc2)c(C)c1CNC(=O)c1ccc(CNC(=O)C23CC4CC(CC(C4)C2)C3)cc1. The molecule has 2 N–H and O–H groups in total. The van der Waals surface area contributed by atoms with Crippen LogP contribution >= 0.6 is 0 Å². The predicted molar refractivity (Wildman–Crippen MR) is 143 cm³/mol. The third kappa shape index (κ3) is 4.58. The van der Waals surface area contributed by atoms with Crippen LogP contribution in [0.15, 0.2) is 54.6 Å². The lowest BCUT2D eigenvalue weighted by atomic mass is 9.49. The number of para-hydroxylation sites is 1. The van der Waals surface area contributed by atoms with Crippen molar-refractivity contribution in [3.63, 3.8) is 0 Å². The zero-order valence-electron chi connectivity index (χ0n) is 21.8. The lowest BCUT2D eigenvalue weighted by Gasteiger charge is -2.55. The minimum atomic E-state index is -0.126. The number of hydrogen-bond donors (Lipinski definition) is 2. The standard InChI is InChI=1S/C31H36N4O2/c1-20-28(21(2)35(34-20)27-6-4-3-5-7-27)19-32-29(36)26-10-8-22(9-11-26)18-33-30(37)31-15-23-12-24(16-31)14-25(13-23)17-31/h3-11,23-25H,12-19H2,1-2H3,(H,32,36)(H,33,37). The van der Waals surface area contributed by atoms with Gasteiger partial charge in [0.1, 0.15) is 0 Å². The van der Waals surface area contributed by atoms with Crippen molar-refractivity contribution in [2.24, 2.45) is 23.2 Å². The number of aryl methyl sites for hydroxylation is 1. The van der Waals surface area contributed by atoms with Gasteiger partial charge >= 0.3 is 0 Å². The van der Waals surface area contributed by atoms with Gasteiger partial charge in [0.25, 0.3) is 5.91 Å². The average molecular weight is 497 g/mol. The molecule has 0 atom stereocenters. The Morgan fingerprint density at radius 1 is 0.865 bits per heavy atom. The molecule has 1 heterocycles. The van der Waals surface area contributed by atoms with Gasteiger partial charge in [-0.2, -0.15) is 5.10 Å². The van der Waals surface area contributed by atoms with Crippen LogP contribution in [0.25, 0.3) is 5.69 Å². The Morgan fingerprint density at radius 3 is 2.11 bits per heavy atom. The molecule has 7 rings (SSSR count). The fourth-order valence-electron chi connectivity index (χ4n) is 7.55. The van der Waals surface area contributed by atoms with Crippen LogP contribution in [0.3, 0.4) is 0 Å². The van der Waals surface area contributed by atoms with Crippen LogP contribution in [0.5, 0.6) is 0 Å². The van der Waals surface area contributed by atoms with E-state index in [0.29, 0.717) is 18.7 Å². The van der Waals surface area contributed by atoms with E-state index in [0.717, 1.165) is 65.2 Å². The Bertz CT molecular complexity index is 1270. The highest BCUT2D eigenvalue weighted by atomic mass is 16.2. The van der Waals surface area contributed by atoms with Crippen molar-refractivity contribution in [2.45, 2.75) is 65.5 Å². The minimum absolute atomic E-state index is 0.115. The summed E-state index contributed by atoms with van der Waals surface area (Å²) in [5.74, 6) is 2.41. The highest BCUT2D eigenvalue weighted by molar-refractivity contribution is 5.94. The van der Waals surface area contributed by atoms with Gasteiger partial charge in [-0.1, -0.05) is 30.3 Å². The van der Waals surface area contributed by atoms with Crippen LogP contribution in [0, 0.1) is 37.0 Å². The second kappa shape index (κ2) is 9.47. The number of nitrogens with zero attached hydrogens (tertiary/aromatic N) is 2. The molecule has 2 amide bonds. The Morgan fingerprint density at radius 2 is 1.49 bits per heavy atom. The fourth-order valence-corrected chi connectivity index (χ4v) is 7.55. The number of amides is 2. The molecule has 6 nitrogen and oxygen atoms in total. The van der Waals surface area contributed by atoms with Crippen molar-refractivity contribution in [3.05, 3.63) is 82.7 Å². The molecule has 0 spiro atoms. The smallest absolute Gasteiger partial charge is 0.251 e. The number of rotatable bonds is 7. The Labute approximate surface area is 218 Å². The quantitative estimate of drug-likeness (QED) is 0.469. The maximum atomic E-state index is 13.2. The van der Waals surface area contributed by atoms with Gasteiger partial charge in [-0.25, -0.2) is 4.68 Å². The normalized spacial score (nSPS) is 25.7. The van der Waals surface area contributed by atoms with E-state index in [1.54, 1.807) is 0 Å². The first-order valence-electron chi connectivity index (χ1n) is 13.7. The average Bonchev–Trinajstić information content (AvgIpc) is 3.18. The largest absolute Gasteiger partial charge is 0.352 e. The number of carbonyl (C=O) groups is 2. The van der Waals surface area contributed by atoms with Crippen LogP contribution in [0.2, 0.25) is 0 Å². The van der Waals surface area contributed by atoms with Gasteiger partial charge in [0, 0.05) is 35.3 Å². The van der Waals surface area contributed by atoms with Crippen molar-refractivity contribution in [3.8, 4) is 5.69 Å². The fraction of sp³-hybridized carbons (Fsp3) is 0.452. The third-order valence-electron chi connectivity index (χ3n) is 9.06. The topological polar surface area (TPSA) is 76.0 Å². The molecule has 1 aromatic heterocycles. The zero-order chi connectivity index (χ0) is 25.6. The van der Waals surface area contributed by atoms with E-state index in [4.69, 9.17) is 0 Å². The molecule has 4 aliphatic rings. The molecular weight excluding hydrogens is 460 g/mol. The van der Waals surface area contributed by atoms with Gasteiger partial charge in [-0.3, -0.25) is 9.59 Å². The highest BCUT2D eigenvalue weighted by Gasteiger charge is 2.54. The first kappa shape index (κ1) is 24.0. The molecule has 0 saturated heterocycles. The van der Waals surface area contributed by atoms with Crippen molar-refractivity contribution < 1.29 is 9.59 Å². The van der Waals surface area contributed by atoms with E-state index < -0.39 is 0 Å². The summed E-state index contributed by atoms with van der Waals surface area (Å²) in [4.78, 5) is 26.1. The number of benzene rings is 2. The van der Waals surface area contributed by atoms with Crippen molar-refractivity contribution in [1.82, 2.24) is 20.4 Å². The molecule has 0 unspecified atom stereocenters. The Hall–Kier alpha value is -3.41. The van der Waals surface area contributed by atoms with E-state index in [-0.39, 0.29) is 17.2 Å². The van der Waals surface area contributed by atoms with Crippen LogP contribution in [-0.2, 0) is 17.9 Å². The summed E-state index contributed by atoms with van der Waals surface area (Å²) in [5, 5.41) is 10.9. The van der Waals surface area contributed by atoms with Crippen molar-refractivity contribution in [1.29, 1.82) is 0 Å². The Kier molecular flexibility index (Phi) is 6.13. The molecule has 6 heteroatoms. The summed E-state index contributed by atoms with van der Waals surface area (Å²) in [6, 6.07) is 17.6. The first-order valence-corrected chi connectivity index (χ1v) is 13.7. The lowest BCUT2D eigenvalue weighted by molar-refractivity contribution is -0.146. The molecule has 4 fully saturated rings. The molecule has 4 bridgehead atoms. The molecule has 192 valence electrons. The van der Waals surface area contributed by atoms with Crippen molar-refractivity contribution >= 4 is 11.8 Å². The molecule has 4 saturated carbocycles. The zero-order valence-corrected chi connectivity index (χ0v) is 21.8. The highest BCUT2D eigenvalue weighted by Crippen LogP contribution is 2.60. The molecule has 37 heavy (non-hydrogen) atoms. The van der Waals surface area contributed by atoms with Crippen LogP contribution < -0.4 is 10.6 Å².